The maximum atomic E-state index is 12.0. The van der Waals surface area contributed by atoms with Gasteiger partial charge in [-0.05, 0) is 32.1 Å². The molecule has 0 aromatic heterocycles. The van der Waals surface area contributed by atoms with Crippen LogP contribution in [0.25, 0.3) is 0 Å². The lowest BCUT2D eigenvalue weighted by molar-refractivity contribution is -0.148. The van der Waals surface area contributed by atoms with Gasteiger partial charge >= 0.3 is 5.97 Å². The molecule has 0 amide bonds. The average molecular weight is 322 g/mol. The van der Waals surface area contributed by atoms with Gasteiger partial charge in [-0.1, -0.05) is 13.8 Å². The third kappa shape index (κ3) is 3.92. The fourth-order valence-electron chi connectivity index (χ4n) is 2.96. The second-order valence-electron chi connectivity index (χ2n) is 6.53. The highest BCUT2D eigenvalue weighted by Gasteiger charge is 2.32. The van der Waals surface area contributed by atoms with Gasteiger partial charge in [0.25, 0.3) is 10.9 Å². The molecule has 6 heteroatoms. The first-order chi connectivity index (χ1) is 11.0. The molecule has 1 aromatic rings. The van der Waals surface area contributed by atoms with Gasteiger partial charge in [0, 0.05) is 19.6 Å². The van der Waals surface area contributed by atoms with Crippen molar-refractivity contribution in [3.8, 4) is 0 Å². The zero-order chi connectivity index (χ0) is 17.0. The quantitative estimate of drug-likeness (QED) is 0.606. The molecular formula is C17H26N2O4. The van der Waals surface area contributed by atoms with Crippen LogP contribution in [-0.4, -0.2) is 32.2 Å². The molecule has 0 radical (unpaired) electrons. The van der Waals surface area contributed by atoms with Crippen LogP contribution in [0, 0.1) is 11.8 Å². The zero-order valence-electron chi connectivity index (χ0n) is 14.2. The molecule has 0 bridgehead atoms. The number of carbonyl (C=O) groups excluding carboxylic acids is 1. The van der Waals surface area contributed by atoms with E-state index in [9.17, 15) is 14.4 Å². The number of esters is 1. The van der Waals surface area contributed by atoms with E-state index in [0.717, 1.165) is 19.3 Å². The van der Waals surface area contributed by atoms with E-state index < -0.39 is 10.9 Å². The van der Waals surface area contributed by atoms with E-state index in [4.69, 9.17) is 4.74 Å². The first-order valence-electron chi connectivity index (χ1n) is 8.44. The smallest absolute Gasteiger partial charge is 0.310 e. The van der Waals surface area contributed by atoms with Crippen molar-refractivity contribution in [1.29, 1.82) is 0 Å². The third-order valence-electron chi connectivity index (χ3n) is 4.27. The number of nitrogens with one attached hydrogen (secondary N) is 1. The summed E-state index contributed by atoms with van der Waals surface area (Å²) in [5.74, 6) is 0.0856. The molecule has 1 N–H and O–H groups in total. The Kier molecular flexibility index (Phi) is 5.80. The molecule has 1 fully saturated rings. The van der Waals surface area contributed by atoms with E-state index in [-0.39, 0.29) is 11.9 Å². The normalized spacial score (nSPS) is 18.4. The van der Waals surface area contributed by atoms with Crippen LogP contribution in [0.5, 0.6) is 0 Å². The predicted octanol–water partition coefficient (Wildman–Crippen LogP) is 1.52. The summed E-state index contributed by atoms with van der Waals surface area (Å²) in [5.41, 5.74) is -0.0171. The van der Waals surface area contributed by atoms with E-state index >= 15 is 0 Å². The fraction of sp³-hybridized carbons (Fsp3) is 0.706. The lowest BCUT2D eigenvalue weighted by Crippen LogP contribution is -2.47. The zero-order valence-corrected chi connectivity index (χ0v) is 14.2. The molecule has 1 aliphatic rings. The minimum atomic E-state index is -0.443. The minimum absolute atomic E-state index is 0.217. The molecule has 1 aromatic carbocycles. The Bertz CT molecular complexity index is 616. The molecule has 0 saturated carbocycles. The number of hydrogen-bond donors (Lipinski definition) is 1. The van der Waals surface area contributed by atoms with Gasteiger partial charge < -0.3 is 15.0 Å². The monoisotopic (exact) mass is 322 g/mol. The second-order valence-corrected chi connectivity index (χ2v) is 6.53. The molecule has 1 heterocycles. The van der Waals surface area contributed by atoms with Crippen LogP contribution < -0.4 is 21.1 Å². The van der Waals surface area contributed by atoms with Crippen molar-refractivity contribution >= 4 is 17.3 Å². The number of ether oxygens (including phenoxy) is 1. The molecule has 128 valence electrons. The summed E-state index contributed by atoms with van der Waals surface area (Å²) < 4.78 is 5.08. The summed E-state index contributed by atoms with van der Waals surface area (Å²) in [5, 5.41) is 3.10. The number of rotatable bonds is 7. The predicted molar refractivity (Wildman–Crippen MR) is 90.9 cm³/mol. The van der Waals surface area contributed by atoms with Gasteiger partial charge in [-0.2, -0.15) is 0 Å². The highest BCUT2D eigenvalue weighted by atomic mass is 16.5. The largest absolute Gasteiger partial charge is 0.466 e. The second kappa shape index (κ2) is 7.62. The summed E-state index contributed by atoms with van der Waals surface area (Å²) in [6.07, 6.45) is 2.51. The Labute approximate surface area is 136 Å². The van der Waals surface area contributed by atoms with Crippen molar-refractivity contribution in [3.05, 3.63) is 20.4 Å². The van der Waals surface area contributed by atoms with Crippen LogP contribution in [0.1, 0.15) is 40.0 Å². The molecule has 0 spiro atoms. The van der Waals surface area contributed by atoms with Gasteiger partial charge in [-0.15, -0.1) is 0 Å². The van der Waals surface area contributed by atoms with Crippen LogP contribution in [0.3, 0.4) is 0 Å². The lowest BCUT2D eigenvalue weighted by atomic mass is 9.96. The summed E-state index contributed by atoms with van der Waals surface area (Å²) in [6.45, 7) is 8.18. The minimum Gasteiger partial charge on any atom is -0.466 e. The average Bonchev–Trinajstić information content (AvgIpc) is 2.53. The number of anilines is 2. The summed E-state index contributed by atoms with van der Waals surface area (Å²) >= 11 is 0. The standard InChI is InChI=1S/C17H26N2O4/c1-4-23-17(22)12-6-5-9-19(10-12)14-13(15(20)16(14)21)18-8-7-11(2)3/h11-12,18H,4-10H2,1-3H3/t12-/m1/s1. The molecule has 0 unspecified atom stereocenters. The van der Waals surface area contributed by atoms with Gasteiger partial charge in [0.15, 0.2) is 0 Å². The van der Waals surface area contributed by atoms with E-state index in [0.29, 0.717) is 43.5 Å². The highest BCUT2D eigenvalue weighted by molar-refractivity contribution is 5.78. The Morgan fingerprint density at radius 3 is 2.74 bits per heavy atom. The third-order valence-corrected chi connectivity index (χ3v) is 4.27. The number of carbonyl (C=O) groups is 1. The van der Waals surface area contributed by atoms with E-state index in [1.54, 1.807) is 6.92 Å². The van der Waals surface area contributed by atoms with Crippen molar-refractivity contribution in [2.24, 2.45) is 11.8 Å². The SMILES string of the molecule is CCOC(=O)[C@@H]1CCCN(c2c(NCCC(C)C)c(=O)c2=O)C1. The Hall–Kier alpha value is -1.85. The summed E-state index contributed by atoms with van der Waals surface area (Å²) in [4.78, 5) is 37.6. The molecule has 23 heavy (non-hydrogen) atoms. The van der Waals surface area contributed by atoms with E-state index in [2.05, 4.69) is 19.2 Å². The first-order valence-corrected chi connectivity index (χ1v) is 8.44. The van der Waals surface area contributed by atoms with E-state index in [1.165, 1.54) is 0 Å². The van der Waals surface area contributed by atoms with Gasteiger partial charge in [-0.25, -0.2) is 0 Å². The van der Waals surface area contributed by atoms with Crippen LogP contribution >= 0.6 is 0 Å². The molecular weight excluding hydrogens is 296 g/mol. The maximum absolute atomic E-state index is 12.0. The molecule has 1 atom stereocenters. The molecule has 1 saturated heterocycles. The van der Waals surface area contributed by atoms with E-state index in [1.807, 2.05) is 4.90 Å². The van der Waals surface area contributed by atoms with Crippen molar-refractivity contribution in [2.45, 2.75) is 40.0 Å². The number of nitrogens with zero attached hydrogens (tertiary/aromatic N) is 1. The summed E-state index contributed by atoms with van der Waals surface area (Å²) in [6, 6.07) is 0. The van der Waals surface area contributed by atoms with Crippen LogP contribution in [0.15, 0.2) is 9.59 Å². The molecule has 6 nitrogen and oxygen atoms in total. The Morgan fingerprint density at radius 1 is 1.35 bits per heavy atom. The maximum Gasteiger partial charge on any atom is 0.310 e. The van der Waals surface area contributed by atoms with Crippen LogP contribution in [0.4, 0.5) is 11.4 Å². The van der Waals surface area contributed by atoms with Gasteiger partial charge in [0.05, 0.1) is 12.5 Å². The Balaban J connectivity index is 2.06. The van der Waals surface area contributed by atoms with Gasteiger partial charge in [0.1, 0.15) is 11.4 Å². The van der Waals surface area contributed by atoms with Crippen LogP contribution in [0.2, 0.25) is 0 Å². The van der Waals surface area contributed by atoms with Crippen molar-refractivity contribution in [1.82, 2.24) is 0 Å². The van der Waals surface area contributed by atoms with Crippen molar-refractivity contribution in [3.63, 3.8) is 0 Å². The first kappa shape index (κ1) is 17.5. The molecule has 0 aliphatic carbocycles. The highest BCUT2D eigenvalue weighted by Crippen LogP contribution is 2.27. The Morgan fingerprint density at radius 2 is 2.09 bits per heavy atom. The van der Waals surface area contributed by atoms with Crippen molar-refractivity contribution in [2.75, 3.05) is 36.5 Å². The molecule has 2 rings (SSSR count). The fourth-order valence-corrected chi connectivity index (χ4v) is 2.96. The van der Waals surface area contributed by atoms with Gasteiger partial charge in [0.2, 0.25) is 0 Å². The lowest BCUT2D eigenvalue weighted by Gasteiger charge is -2.34. The molecule has 1 aliphatic heterocycles. The van der Waals surface area contributed by atoms with Crippen molar-refractivity contribution < 1.29 is 9.53 Å². The number of piperidine rings is 1. The van der Waals surface area contributed by atoms with Crippen LogP contribution in [-0.2, 0) is 9.53 Å². The summed E-state index contributed by atoms with van der Waals surface area (Å²) in [7, 11) is 0. The van der Waals surface area contributed by atoms with Gasteiger partial charge in [-0.3, -0.25) is 14.4 Å². The topological polar surface area (TPSA) is 75.7 Å². The number of hydrogen-bond acceptors (Lipinski definition) is 6.